The zero-order valence-electron chi connectivity index (χ0n) is 18.6. The molecular weight excluding hydrogens is 410 g/mol. The molecule has 9 heteroatoms. The van der Waals surface area contributed by atoms with Crippen molar-refractivity contribution in [2.75, 3.05) is 24.4 Å². The van der Waals surface area contributed by atoms with Crippen LogP contribution in [-0.4, -0.2) is 50.0 Å². The van der Waals surface area contributed by atoms with Crippen LogP contribution >= 0.6 is 0 Å². The Hall–Kier alpha value is -3.46. The van der Waals surface area contributed by atoms with E-state index >= 15 is 0 Å². The fourth-order valence-electron chi connectivity index (χ4n) is 4.32. The third-order valence-corrected chi connectivity index (χ3v) is 6.25. The summed E-state index contributed by atoms with van der Waals surface area (Å²) < 4.78 is 7.29. The first-order valence-electron chi connectivity index (χ1n) is 10.6. The highest BCUT2D eigenvalue weighted by atomic mass is 16.5. The maximum absolute atomic E-state index is 13.6. The van der Waals surface area contributed by atoms with Gasteiger partial charge in [0.1, 0.15) is 11.8 Å². The Bertz CT molecular complexity index is 1070. The molecule has 0 bridgehead atoms. The molecule has 3 heterocycles. The van der Waals surface area contributed by atoms with E-state index in [1.54, 1.807) is 32.2 Å². The zero-order chi connectivity index (χ0) is 23.0. The van der Waals surface area contributed by atoms with Crippen LogP contribution in [0.5, 0.6) is 5.75 Å². The molecule has 0 saturated carbocycles. The standard InChI is InChI=1S/C23H27N5O4/c1-13(24-3)20(29)26-19-14(2)27-11-7-8-15-12-17(28(22(15)27)23(19)31)21(30)25-16-9-5-6-10-18(16)32-4/h5-11,13-14,17,19,24H,12H2,1-4H3,(H-,25,26,29,30)/p+1. The summed E-state index contributed by atoms with van der Waals surface area (Å²) in [6.45, 7) is 3.62. The van der Waals surface area contributed by atoms with Gasteiger partial charge in [-0.05, 0) is 45.2 Å². The number of amides is 3. The summed E-state index contributed by atoms with van der Waals surface area (Å²) in [5.41, 5.74) is 1.45. The lowest BCUT2D eigenvalue weighted by Gasteiger charge is -2.32. The lowest BCUT2D eigenvalue weighted by Crippen LogP contribution is -2.67. The lowest BCUT2D eigenvalue weighted by atomic mass is 10.0. The molecule has 9 nitrogen and oxygen atoms in total. The zero-order valence-corrected chi connectivity index (χ0v) is 18.6. The Kier molecular flexibility index (Phi) is 5.84. The van der Waals surface area contributed by atoms with E-state index in [-0.39, 0.29) is 23.8 Å². The number of carbonyl (C=O) groups is 3. The van der Waals surface area contributed by atoms with Gasteiger partial charge in [-0.1, -0.05) is 12.1 Å². The van der Waals surface area contributed by atoms with E-state index in [0.29, 0.717) is 23.7 Å². The molecule has 0 aliphatic carbocycles. The number of carbonyl (C=O) groups excluding carboxylic acids is 3. The second-order valence-corrected chi connectivity index (χ2v) is 8.12. The summed E-state index contributed by atoms with van der Waals surface area (Å²) >= 11 is 0. The largest absolute Gasteiger partial charge is 0.495 e. The van der Waals surface area contributed by atoms with Crippen LogP contribution in [0.3, 0.4) is 0 Å². The van der Waals surface area contributed by atoms with Crippen LogP contribution in [0.25, 0.3) is 0 Å². The Balaban J connectivity index is 1.66. The third-order valence-electron chi connectivity index (χ3n) is 6.25. The molecule has 2 aliphatic heterocycles. The van der Waals surface area contributed by atoms with Crippen molar-refractivity contribution in [1.29, 1.82) is 0 Å². The van der Waals surface area contributed by atoms with E-state index in [1.807, 2.05) is 35.9 Å². The second-order valence-electron chi connectivity index (χ2n) is 8.12. The number of hydrogen-bond donors (Lipinski definition) is 3. The van der Waals surface area contributed by atoms with E-state index in [2.05, 4.69) is 16.0 Å². The quantitative estimate of drug-likeness (QED) is 0.572. The number of nitrogens with zero attached hydrogens (tertiary/aromatic N) is 2. The van der Waals surface area contributed by atoms with Crippen LogP contribution in [0.15, 0.2) is 42.6 Å². The topological polar surface area (TPSA) is 104 Å². The molecule has 1 aromatic carbocycles. The minimum absolute atomic E-state index is 0.271. The second kappa shape index (κ2) is 8.58. The molecule has 0 radical (unpaired) electrons. The van der Waals surface area contributed by atoms with E-state index in [1.165, 1.54) is 12.0 Å². The van der Waals surface area contributed by atoms with Crippen LogP contribution in [0.4, 0.5) is 11.5 Å². The fraction of sp³-hybridized carbons (Fsp3) is 0.391. The number of pyridine rings is 1. The van der Waals surface area contributed by atoms with Crippen molar-refractivity contribution in [2.45, 2.75) is 44.4 Å². The molecule has 0 spiro atoms. The average Bonchev–Trinajstić information content (AvgIpc) is 3.20. The molecule has 4 rings (SSSR count). The molecular formula is C23H28N5O4+. The molecule has 32 heavy (non-hydrogen) atoms. The van der Waals surface area contributed by atoms with Gasteiger partial charge in [-0.3, -0.25) is 9.59 Å². The van der Waals surface area contributed by atoms with Crippen LogP contribution in [0.1, 0.15) is 25.5 Å². The molecule has 4 atom stereocenters. The van der Waals surface area contributed by atoms with Crippen LogP contribution in [0.2, 0.25) is 0 Å². The Labute approximate surface area is 186 Å². The number of nitrogens with one attached hydrogen (secondary N) is 3. The van der Waals surface area contributed by atoms with Gasteiger partial charge in [0.2, 0.25) is 5.91 Å². The number of para-hydroxylation sites is 2. The maximum atomic E-state index is 13.6. The lowest BCUT2D eigenvalue weighted by molar-refractivity contribution is -0.710. The summed E-state index contributed by atoms with van der Waals surface area (Å²) in [6.07, 6.45) is 2.27. The highest BCUT2D eigenvalue weighted by molar-refractivity contribution is 6.09. The molecule has 4 unspecified atom stereocenters. The van der Waals surface area contributed by atoms with Gasteiger partial charge in [0.25, 0.3) is 11.7 Å². The first-order chi connectivity index (χ1) is 15.4. The smallest absolute Gasteiger partial charge is 0.337 e. The first-order valence-corrected chi connectivity index (χ1v) is 10.6. The van der Waals surface area contributed by atoms with Crippen molar-refractivity contribution in [3.05, 3.63) is 48.2 Å². The molecule has 2 aromatic rings. The summed E-state index contributed by atoms with van der Waals surface area (Å²) in [4.78, 5) is 40.9. The van der Waals surface area contributed by atoms with E-state index in [0.717, 1.165) is 5.56 Å². The van der Waals surface area contributed by atoms with Crippen LogP contribution in [0, 0.1) is 0 Å². The molecule has 0 fully saturated rings. The fourth-order valence-corrected chi connectivity index (χ4v) is 4.32. The molecule has 3 amide bonds. The number of likely N-dealkylation sites (N-methyl/N-ethyl adjacent to an activating group) is 1. The Morgan fingerprint density at radius 2 is 1.97 bits per heavy atom. The van der Waals surface area contributed by atoms with Gasteiger partial charge in [0.05, 0.1) is 25.0 Å². The predicted octanol–water partition coefficient (Wildman–Crippen LogP) is 0.546. The Morgan fingerprint density at radius 3 is 2.69 bits per heavy atom. The normalized spacial score (nSPS) is 22.2. The van der Waals surface area contributed by atoms with Crippen molar-refractivity contribution in [1.82, 2.24) is 10.6 Å². The maximum Gasteiger partial charge on any atom is 0.337 e. The minimum atomic E-state index is -0.786. The summed E-state index contributed by atoms with van der Waals surface area (Å²) in [5.74, 6) is 0.369. The van der Waals surface area contributed by atoms with Crippen molar-refractivity contribution in [2.24, 2.45) is 0 Å². The SMILES string of the molecule is CNC(C)C(=O)NC1C(=O)N2c3c(ccc[n+]3C1C)CC2C(=O)Nc1ccccc1OC. The van der Waals surface area contributed by atoms with Crippen molar-refractivity contribution >= 4 is 29.2 Å². The van der Waals surface area contributed by atoms with Gasteiger partial charge in [0.15, 0.2) is 12.1 Å². The van der Waals surface area contributed by atoms with Gasteiger partial charge in [0, 0.05) is 12.0 Å². The first kappa shape index (κ1) is 21.8. The number of ether oxygens (including phenoxy) is 1. The molecule has 168 valence electrons. The molecule has 2 aliphatic rings. The summed E-state index contributed by atoms with van der Waals surface area (Å²) in [7, 11) is 3.22. The minimum Gasteiger partial charge on any atom is -0.495 e. The van der Waals surface area contributed by atoms with Gasteiger partial charge < -0.3 is 20.7 Å². The van der Waals surface area contributed by atoms with Gasteiger partial charge in [-0.25, -0.2) is 9.36 Å². The van der Waals surface area contributed by atoms with Crippen LogP contribution in [-0.2, 0) is 20.8 Å². The number of benzene rings is 1. The van der Waals surface area contributed by atoms with E-state index in [4.69, 9.17) is 4.74 Å². The number of hydrogen-bond acceptors (Lipinski definition) is 5. The van der Waals surface area contributed by atoms with Crippen molar-refractivity contribution in [3.8, 4) is 5.75 Å². The molecule has 3 N–H and O–H groups in total. The monoisotopic (exact) mass is 438 g/mol. The molecule has 0 saturated heterocycles. The number of rotatable bonds is 6. The summed E-state index contributed by atoms with van der Waals surface area (Å²) in [5, 5.41) is 8.64. The van der Waals surface area contributed by atoms with Gasteiger partial charge in [-0.15, -0.1) is 0 Å². The predicted molar refractivity (Wildman–Crippen MR) is 118 cm³/mol. The number of aromatic nitrogens is 1. The van der Waals surface area contributed by atoms with E-state index < -0.39 is 18.1 Å². The van der Waals surface area contributed by atoms with Crippen LogP contribution < -0.4 is 30.2 Å². The van der Waals surface area contributed by atoms with Crippen molar-refractivity contribution < 1.29 is 23.7 Å². The van der Waals surface area contributed by atoms with E-state index in [9.17, 15) is 14.4 Å². The van der Waals surface area contributed by atoms with Gasteiger partial charge in [-0.2, -0.15) is 4.90 Å². The Morgan fingerprint density at radius 1 is 1.22 bits per heavy atom. The van der Waals surface area contributed by atoms with Crippen molar-refractivity contribution in [3.63, 3.8) is 0 Å². The third kappa shape index (κ3) is 3.58. The van der Waals surface area contributed by atoms with Gasteiger partial charge >= 0.3 is 5.91 Å². The number of methoxy groups -OCH3 is 1. The average molecular weight is 439 g/mol. The highest BCUT2D eigenvalue weighted by Gasteiger charge is 2.55. The molecule has 1 aromatic heterocycles. The summed E-state index contributed by atoms with van der Waals surface area (Å²) in [6, 6.07) is 8.70. The number of anilines is 2. The highest BCUT2D eigenvalue weighted by Crippen LogP contribution is 2.35.